The maximum Gasteiger partial charge on any atom is 0.194 e. The number of aryl methyl sites for hydroxylation is 2. The van der Waals surface area contributed by atoms with E-state index in [4.69, 9.17) is 10.2 Å². The average Bonchev–Trinajstić information content (AvgIpc) is 2.64. The fraction of sp³-hybridized carbons (Fsp3) is 0.250. The molecule has 2 rings (SSSR count). The highest BCUT2D eigenvalue weighted by atomic mass is 16.4. The van der Waals surface area contributed by atoms with Crippen molar-refractivity contribution in [3.8, 4) is 17.0 Å². The molecule has 1 aromatic heterocycles. The SMILES string of the molecule is CCc1nc(-c2ccc(O)c(N)c2)c(C)o1. The van der Waals surface area contributed by atoms with E-state index in [9.17, 15) is 5.11 Å². The number of hydrogen-bond donors (Lipinski definition) is 2. The lowest BCUT2D eigenvalue weighted by Crippen LogP contribution is -1.88. The number of aromatic nitrogens is 1. The van der Waals surface area contributed by atoms with Gasteiger partial charge in [-0.2, -0.15) is 0 Å². The number of aromatic hydroxyl groups is 1. The number of phenolic OH excluding ortho intramolecular Hbond substituents is 1. The molecule has 0 spiro atoms. The van der Waals surface area contributed by atoms with Gasteiger partial charge in [-0.1, -0.05) is 6.92 Å². The van der Waals surface area contributed by atoms with Crippen molar-refractivity contribution in [3.05, 3.63) is 29.9 Å². The summed E-state index contributed by atoms with van der Waals surface area (Å²) in [6.45, 7) is 3.85. The number of phenols is 1. The Hall–Kier alpha value is -1.97. The summed E-state index contributed by atoms with van der Waals surface area (Å²) in [5, 5.41) is 9.34. The lowest BCUT2D eigenvalue weighted by Gasteiger charge is -2.01. The Labute approximate surface area is 93.7 Å². The van der Waals surface area contributed by atoms with Crippen LogP contribution in [0.1, 0.15) is 18.6 Å². The number of rotatable bonds is 2. The lowest BCUT2D eigenvalue weighted by atomic mass is 10.1. The van der Waals surface area contributed by atoms with Crippen LogP contribution in [0, 0.1) is 6.92 Å². The van der Waals surface area contributed by atoms with Crippen LogP contribution in [0.5, 0.6) is 5.75 Å². The molecule has 0 radical (unpaired) electrons. The third-order valence-corrected chi connectivity index (χ3v) is 2.44. The fourth-order valence-electron chi connectivity index (χ4n) is 1.57. The molecule has 0 aliphatic heterocycles. The van der Waals surface area contributed by atoms with Gasteiger partial charge in [0.2, 0.25) is 0 Å². The molecule has 4 nitrogen and oxygen atoms in total. The van der Waals surface area contributed by atoms with Crippen LogP contribution >= 0.6 is 0 Å². The Morgan fingerprint density at radius 2 is 2.19 bits per heavy atom. The van der Waals surface area contributed by atoms with Crippen LogP contribution in [-0.4, -0.2) is 10.1 Å². The number of oxazole rings is 1. The molecule has 1 heterocycles. The van der Waals surface area contributed by atoms with Crippen molar-refractivity contribution in [2.75, 3.05) is 5.73 Å². The van der Waals surface area contributed by atoms with Crippen molar-refractivity contribution in [1.82, 2.24) is 4.98 Å². The van der Waals surface area contributed by atoms with Crippen LogP contribution in [0.2, 0.25) is 0 Å². The zero-order valence-electron chi connectivity index (χ0n) is 9.32. The summed E-state index contributed by atoms with van der Waals surface area (Å²) in [6.07, 6.45) is 0.758. The van der Waals surface area contributed by atoms with Crippen molar-refractivity contribution >= 4 is 5.69 Å². The summed E-state index contributed by atoms with van der Waals surface area (Å²) >= 11 is 0. The van der Waals surface area contributed by atoms with E-state index in [-0.39, 0.29) is 5.75 Å². The predicted octanol–water partition coefficient (Wildman–Crippen LogP) is 2.50. The molecule has 2 aromatic rings. The minimum Gasteiger partial charge on any atom is -0.506 e. The number of nitrogens with zero attached hydrogens (tertiary/aromatic N) is 1. The average molecular weight is 218 g/mol. The minimum absolute atomic E-state index is 0.0839. The Bertz CT molecular complexity index is 518. The van der Waals surface area contributed by atoms with E-state index in [1.54, 1.807) is 18.2 Å². The molecule has 0 aliphatic rings. The second kappa shape index (κ2) is 3.89. The van der Waals surface area contributed by atoms with Gasteiger partial charge < -0.3 is 15.3 Å². The van der Waals surface area contributed by atoms with Crippen molar-refractivity contribution in [2.24, 2.45) is 0 Å². The highest BCUT2D eigenvalue weighted by Gasteiger charge is 2.11. The maximum absolute atomic E-state index is 9.34. The highest BCUT2D eigenvalue weighted by molar-refractivity contribution is 5.69. The molecule has 84 valence electrons. The summed E-state index contributed by atoms with van der Waals surface area (Å²) in [5.74, 6) is 1.56. The van der Waals surface area contributed by atoms with Gasteiger partial charge in [-0.05, 0) is 25.1 Å². The molecule has 0 saturated heterocycles. The van der Waals surface area contributed by atoms with Gasteiger partial charge >= 0.3 is 0 Å². The van der Waals surface area contributed by atoms with Gasteiger partial charge in [0.05, 0.1) is 5.69 Å². The molecule has 0 amide bonds. The van der Waals surface area contributed by atoms with Gasteiger partial charge in [0, 0.05) is 12.0 Å². The summed E-state index contributed by atoms with van der Waals surface area (Å²) in [6, 6.07) is 5.03. The van der Waals surface area contributed by atoms with Crippen molar-refractivity contribution in [2.45, 2.75) is 20.3 Å². The summed E-state index contributed by atoms with van der Waals surface area (Å²) in [7, 11) is 0. The van der Waals surface area contributed by atoms with E-state index in [0.717, 1.165) is 23.4 Å². The smallest absolute Gasteiger partial charge is 0.194 e. The number of anilines is 1. The molecule has 0 fully saturated rings. The molecule has 0 bridgehead atoms. The molecular weight excluding hydrogens is 204 g/mol. The summed E-state index contributed by atoms with van der Waals surface area (Å²) in [5.41, 5.74) is 7.62. The Kier molecular flexibility index (Phi) is 2.56. The Balaban J connectivity index is 2.49. The molecular formula is C12H14N2O2. The van der Waals surface area contributed by atoms with Crippen LogP contribution in [0.3, 0.4) is 0 Å². The van der Waals surface area contributed by atoms with E-state index >= 15 is 0 Å². The van der Waals surface area contributed by atoms with Gasteiger partial charge in [0.15, 0.2) is 5.89 Å². The van der Waals surface area contributed by atoms with Crippen LogP contribution in [0.4, 0.5) is 5.69 Å². The first kappa shape index (κ1) is 10.5. The Morgan fingerprint density at radius 3 is 2.75 bits per heavy atom. The summed E-state index contributed by atoms with van der Waals surface area (Å²) in [4.78, 5) is 4.37. The second-order valence-corrected chi connectivity index (χ2v) is 3.64. The fourth-order valence-corrected chi connectivity index (χ4v) is 1.57. The molecule has 16 heavy (non-hydrogen) atoms. The molecule has 0 aliphatic carbocycles. The van der Waals surface area contributed by atoms with Gasteiger partial charge in [0.25, 0.3) is 0 Å². The molecule has 4 heteroatoms. The van der Waals surface area contributed by atoms with Crippen molar-refractivity contribution < 1.29 is 9.52 Å². The Morgan fingerprint density at radius 1 is 1.44 bits per heavy atom. The second-order valence-electron chi connectivity index (χ2n) is 3.64. The van der Waals surface area contributed by atoms with Crippen LogP contribution < -0.4 is 5.73 Å². The molecule has 1 aromatic carbocycles. The maximum atomic E-state index is 9.34. The minimum atomic E-state index is 0.0839. The van der Waals surface area contributed by atoms with E-state index in [0.29, 0.717) is 11.6 Å². The predicted molar refractivity (Wildman–Crippen MR) is 62.1 cm³/mol. The standard InChI is InChI=1S/C12H14N2O2/c1-3-11-14-12(7(2)16-11)8-4-5-10(15)9(13)6-8/h4-6,15H,3,13H2,1-2H3. The molecule has 0 atom stereocenters. The monoisotopic (exact) mass is 218 g/mol. The first-order valence-electron chi connectivity index (χ1n) is 5.17. The number of benzene rings is 1. The van der Waals surface area contributed by atoms with Gasteiger partial charge in [-0.3, -0.25) is 0 Å². The van der Waals surface area contributed by atoms with Crippen molar-refractivity contribution in [1.29, 1.82) is 0 Å². The lowest BCUT2D eigenvalue weighted by molar-refractivity contribution is 0.476. The highest BCUT2D eigenvalue weighted by Crippen LogP contribution is 2.29. The molecule has 3 N–H and O–H groups in total. The largest absolute Gasteiger partial charge is 0.506 e. The van der Waals surface area contributed by atoms with Crippen LogP contribution in [0.25, 0.3) is 11.3 Å². The third-order valence-electron chi connectivity index (χ3n) is 2.44. The quantitative estimate of drug-likeness (QED) is 0.600. The zero-order chi connectivity index (χ0) is 11.7. The van der Waals surface area contributed by atoms with Gasteiger partial charge in [-0.25, -0.2) is 4.98 Å². The topological polar surface area (TPSA) is 72.3 Å². The van der Waals surface area contributed by atoms with Crippen molar-refractivity contribution in [3.63, 3.8) is 0 Å². The number of nitrogen functional groups attached to an aromatic ring is 1. The third kappa shape index (κ3) is 1.74. The summed E-state index contributed by atoms with van der Waals surface area (Å²) < 4.78 is 5.47. The van der Waals surface area contributed by atoms with E-state index in [2.05, 4.69) is 4.98 Å². The number of nitrogens with two attached hydrogens (primary N) is 1. The van der Waals surface area contributed by atoms with Crippen LogP contribution in [-0.2, 0) is 6.42 Å². The van der Waals surface area contributed by atoms with Gasteiger partial charge in [0.1, 0.15) is 17.2 Å². The first-order chi connectivity index (χ1) is 7.61. The normalized spacial score (nSPS) is 10.6. The first-order valence-corrected chi connectivity index (χ1v) is 5.17. The zero-order valence-corrected chi connectivity index (χ0v) is 9.32. The van der Waals surface area contributed by atoms with Gasteiger partial charge in [-0.15, -0.1) is 0 Å². The molecule has 0 unspecified atom stereocenters. The number of hydrogen-bond acceptors (Lipinski definition) is 4. The van der Waals surface area contributed by atoms with E-state index in [1.807, 2.05) is 13.8 Å². The van der Waals surface area contributed by atoms with E-state index in [1.165, 1.54) is 0 Å². The van der Waals surface area contributed by atoms with E-state index < -0.39 is 0 Å². The van der Waals surface area contributed by atoms with Crippen LogP contribution in [0.15, 0.2) is 22.6 Å². The molecule has 0 saturated carbocycles.